The van der Waals surface area contributed by atoms with Crippen LogP contribution in [0.3, 0.4) is 0 Å². The summed E-state index contributed by atoms with van der Waals surface area (Å²) in [5.41, 5.74) is 1.45. The average molecular weight is 281 g/mol. The lowest BCUT2D eigenvalue weighted by Crippen LogP contribution is -2.11. The summed E-state index contributed by atoms with van der Waals surface area (Å²) in [6, 6.07) is 8.31. The topological polar surface area (TPSA) is 27.1 Å². The van der Waals surface area contributed by atoms with Gasteiger partial charge < -0.3 is 9.30 Å². The third kappa shape index (κ3) is 4.60. The van der Waals surface area contributed by atoms with Crippen molar-refractivity contribution in [3.63, 3.8) is 0 Å². The Morgan fingerprint density at radius 3 is 2.68 bits per heavy atom. The molecule has 104 valence electrons. The predicted octanol–water partition coefficient (Wildman–Crippen LogP) is 3.68. The molecule has 3 nitrogen and oxygen atoms in total. The number of benzene rings is 1. The van der Waals surface area contributed by atoms with Crippen LogP contribution in [0, 0.1) is 0 Å². The first-order chi connectivity index (χ1) is 8.55. The molecular formula is C15H21ClN2O. The first-order valence-corrected chi connectivity index (χ1v) is 6.25. The van der Waals surface area contributed by atoms with E-state index in [1.54, 1.807) is 12.5 Å². The van der Waals surface area contributed by atoms with E-state index >= 15 is 0 Å². The molecule has 0 aliphatic heterocycles. The van der Waals surface area contributed by atoms with Crippen molar-refractivity contribution in [2.45, 2.75) is 32.7 Å². The fourth-order valence-corrected chi connectivity index (χ4v) is 1.74. The zero-order valence-corrected chi connectivity index (χ0v) is 12.5. The van der Waals surface area contributed by atoms with Crippen molar-refractivity contribution < 1.29 is 4.74 Å². The molecule has 0 radical (unpaired) electrons. The predicted molar refractivity (Wildman–Crippen MR) is 80.1 cm³/mol. The van der Waals surface area contributed by atoms with Crippen molar-refractivity contribution >= 4 is 12.4 Å². The highest BCUT2D eigenvalue weighted by Crippen LogP contribution is 2.25. The second kappa shape index (κ2) is 6.62. The summed E-state index contributed by atoms with van der Waals surface area (Å²) in [4.78, 5) is 4.00. The van der Waals surface area contributed by atoms with Crippen LogP contribution in [0.15, 0.2) is 43.0 Å². The SMILES string of the molecule is CC(C)(C)c1cccc(OCCn2ccnc2)c1.Cl. The summed E-state index contributed by atoms with van der Waals surface area (Å²) in [5, 5.41) is 0. The van der Waals surface area contributed by atoms with Crippen LogP contribution in [0.2, 0.25) is 0 Å². The Kier molecular flexibility index (Phi) is 5.43. The number of hydrogen-bond acceptors (Lipinski definition) is 2. The molecule has 0 bridgehead atoms. The normalized spacial score (nSPS) is 10.9. The molecule has 0 aliphatic carbocycles. The lowest BCUT2D eigenvalue weighted by Gasteiger charge is -2.19. The van der Waals surface area contributed by atoms with E-state index in [-0.39, 0.29) is 17.8 Å². The molecule has 0 atom stereocenters. The van der Waals surface area contributed by atoms with Gasteiger partial charge in [0.05, 0.1) is 12.9 Å². The molecule has 0 amide bonds. The maximum atomic E-state index is 5.77. The Bertz CT molecular complexity index is 489. The molecule has 1 heterocycles. The van der Waals surface area contributed by atoms with Crippen molar-refractivity contribution in [1.82, 2.24) is 9.55 Å². The van der Waals surface area contributed by atoms with Crippen LogP contribution in [-0.4, -0.2) is 16.2 Å². The van der Waals surface area contributed by atoms with Gasteiger partial charge >= 0.3 is 0 Å². The lowest BCUT2D eigenvalue weighted by molar-refractivity contribution is 0.297. The molecule has 1 aromatic carbocycles. The van der Waals surface area contributed by atoms with Crippen LogP contribution in [-0.2, 0) is 12.0 Å². The molecule has 0 N–H and O–H groups in total. The van der Waals surface area contributed by atoms with Gasteiger partial charge in [0.25, 0.3) is 0 Å². The van der Waals surface area contributed by atoms with E-state index in [9.17, 15) is 0 Å². The fraction of sp³-hybridized carbons (Fsp3) is 0.400. The van der Waals surface area contributed by atoms with Crippen LogP contribution >= 0.6 is 12.4 Å². The molecule has 1 aromatic heterocycles. The Morgan fingerprint density at radius 1 is 1.26 bits per heavy atom. The summed E-state index contributed by atoms with van der Waals surface area (Å²) in [5.74, 6) is 0.933. The van der Waals surface area contributed by atoms with Crippen molar-refractivity contribution in [2.24, 2.45) is 0 Å². The van der Waals surface area contributed by atoms with Crippen LogP contribution in [0.1, 0.15) is 26.3 Å². The average Bonchev–Trinajstić information content (AvgIpc) is 2.81. The summed E-state index contributed by atoms with van der Waals surface area (Å²) in [6.45, 7) is 8.09. The maximum absolute atomic E-state index is 5.77. The van der Waals surface area contributed by atoms with E-state index < -0.39 is 0 Å². The largest absolute Gasteiger partial charge is 0.492 e. The van der Waals surface area contributed by atoms with Gasteiger partial charge in [-0.05, 0) is 23.1 Å². The minimum atomic E-state index is 0. The minimum absolute atomic E-state index is 0. The van der Waals surface area contributed by atoms with E-state index in [0.717, 1.165) is 12.3 Å². The second-order valence-electron chi connectivity index (χ2n) is 5.43. The third-order valence-electron chi connectivity index (χ3n) is 2.88. The highest BCUT2D eigenvalue weighted by molar-refractivity contribution is 5.85. The van der Waals surface area contributed by atoms with Gasteiger partial charge in [-0.15, -0.1) is 12.4 Å². The van der Waals surface area contributed by atoms with Gasteiger partial charge in [0.15, 0.2) is 0 Å². The van der Waals surface area contributed by atoms with Crippen LogP contribution in [0.5, 0.6) is 5.75 Å². The van der Waals surface area contributed by atoms with Gasteiger partial charge in [-0.1, -0.05) is 32.9 Å². The summed E-state index contributed by atoms with van der Waals surface area (Å²) in [7, 11) is 0. The maximum Gasteiger partial charge on any atom is 0.119 e. The van der Waals surface area contributed by atoms with Crippen molar-refractivity contribution in [3.05, 3.63) is 48.5 Å². The van der Waals surface area contributed by atoms with Crippen molar-refractivity contribution in [1.29, 1.82) is 0 Å². The molecule has 0 fully saturated rings. The standard InChI is InChI=1S/C15H20N2O.ClH/c1-15(2,3)13-5-4-6-14(11-13)18-10-9-17-8-7-16-12-17;/h4-8,11-12H,9-10H2,1-3H3;1H. The molecule has 0 aliphatic rings. The van der Waals surface area contributed by atoms with Crippen molar-refractivity contribution in [2.75, 3.05) is 6.61 Å². The Hall–Kier alpha value is -1.48. The highest BCUT2D eigenvalue weighted by atomic mass is 35.5. The molecule has 0 saturated heterocycles. The van der Waals surface area contributed by atoms with E-state index in [1.165, 1.54) is 5.56 Å². The molecule has 4 heteroatoms. The number of ether oxygens (including phenoxy) is 1. The Morgan fingerprint density at radius 2 is 2.05 bits per heavy atom. The summed E-state index contributed by atoms with van der Waals surface area (Å²) < 4.78 is 7.77. The van der Waals surface area contributed by atoms with Crippen LogP contribution < -0.4 is 4.74 Å². The quantitative estimate of drug-likeness (QED) is 0.854. The molecule has 2 aromatic rings. The summed E-state index contributed by atoms with van der Waals surface area (Å²) in [6.07, 6.45) is 5.52. The van der Waals surface area contributed by atoms with Gasteiger partial charge in [-0.25, -0.2) is 4.98 Å². The van der Waals surface area contributed by atoms with Gasteiger partial charge in [0, 0.05) is 12.4 Å². The number of nitrogens with zero attached hydrogens (tertiary/aromatic N) is 2. The van der Waals surface area contributed by atoms with E-state index in [0.29, 0.717) is 6.61 Å². The molecule has 0 unspecified atom stereocenters. The minimum Gasteiger partial charge on any atom is -0.492 e. The number of rotatable bonds is 4. The van der Waals surface area contributed by atoms with Gasteiger partial charge in [0.2, 0.25) is 0 Å². The lowest BCUT2D eigenvalue weighted by atomic mass is 9.87. The van der Waals surface area contributed by atoms with E-state index in [4.69, 9.17) is 4.74 Å². The van der Waals surface area contributed by atoms with Crippen molar-refractivity contribution in [3.8, 4) is 5.75 Å². The summed E-state index contributed by atoms with van der Waals surface area (Å²) >= 11 is 0. The number of imidazole rings is 1. The number of hydrogen-bond donors (Lipinski definition) is 0. The zero-order valence-electron chi connectivity index (χ0n) is 11.7. The zero-order chi connectivity index (χ0) is 13.0. The molecule has 0 spiro atoms. The van der Waals surface area contributed by atoms with E-state index in [1.807, 2.05) is 22.9 Å². The number of halogens is 1. The second-order valence-corrected chi connectivity index (χ2v) is 5.43. The highest BCUT2D eigenvalue weighted by Gasteiger charge is 2.13. The molecular weight excluding hydrogens is 260 g/mol. The first-order valence-electron chi connectivity index (χ1n) is 6.25. The van der Waals surface area contributed by atoms with Crippen LogP contribution in [0.25, 0.3) is 0 Å². The van der Waals surface area contributed by atoms with E-state index in [2.05, 4.69) is 37.9 Å². The molecule has 0 saturated carbocycles. The van der Waals surface area contributed by atoms with Crippen LogP contribution in [0.4, 0.5) is 0 Å². The fourth-order valence-electron chi connectivity index (χ4n) is 1.74. The molecule has 2 rings (SSSR count). The van der Waals surface area contributed by atoms with Gasteiger partial charge in [0.1, 0.15) is 12.4 Å². The smallest absolute Gasteiger partial charge is 0.119 e. The molecule has 19 heavy (non-hydrogen) atoms. The Balaban J connectivity index is 0.00000180. The van der Waals surface area contributed by atoms with Gasteiger partial charge in [-0.3, -0.25) is 0 Å². The first kappa shape index (κ1) is 15.6. The Labute approximate surface area is 121 Å². The van der Waals surface area contributed by atoms with Gasteiger partial charge in [-0.2, -0.15) is 0 Å². The number of aromatic nitrogens is 2. The third-order valence-corrected chi connectivity index (χ3v) is 2.88. The monoisotopic (exact) mass is 280 g/mol.